The van der Waals surface area contributed by atoms with Gasteiger partial charge < -0.3 is 4.90 Å². The molecule has 0 aromatic rings. The lowest BCUT2D eigenvalue weighted by molar-refractivity contribution is 0.206. The first-order valence-corrected chi connectivity index (χ1v) is 10.7. The lowest BCUT2D eigenvalue weighted by Crippen LogP contribution is -2.39. The zero-order valence-electron chi connectivity index (χ0n) is 18.1. The fourth-order valence-electron chi connectivity index (χ4n) is 2.95. The molecule has 1 unspecified atom stereocenters. The van der Waals surface area contributed by atoms with Gasteiger partial charge in [-0.1, -0.05) is 60.0 Å². The average molecular weight is 352 g/mol. The third-order valence-corrected chi connectivity index (χ3v) is 4.68. The Morgan fingerprint density at radius 1 is 0.800 bits per heavy atom. The number of rotatable bonds is 15. The molecular weight excluding hydrogens is 306 g/mol. The summed E-state index contributed by atoms with van der Waals surface area (Å²) in [5.74, 6) is 1.13. The second-order valence-corrected chi connectivity index (χ2v) is 7.30. The molecule has 0 aromatic carbocycles. The van der Waals surface area contributed by atoms with Crippen molar-refractivity contribution in [2.75, 3.05) is 26.2 Å². The van der Waals surface area contributed by atoms with E-state index in [1.807, 2.05) is 0 Å². The highest BCUT2D eigenvalue weighted by Gasteiger charge is 2.17. The van der Waals surface area contributed by atoms with Gasteiger partial charge in [-0.05, 0) is 45.1 Å². The van der Waals surface area contributed by atoms with Gasteiger partial charge in [-0.15, -0.1) is 0 Å². The fourth-order valence-corrected chi connectivity index (χ4v) is 2.95. The van der Waals surface area contributed by atoms with E-state index in [1.54, 1.807) is 0 Å². The summed E-state index contributed by atoms with van der Waals surface area (Å²) in [6.07, 6.45) is 10.1. The van der Waals surface area contributed by atoms with Crippen LogP contribution in [-0.2, 0) is 0 Å². The molecular formula is C22H45N3. The van der Waals surface area contributed by atoms with Crippen molar-refractivity contribution in [3.05, 3.63) is 12.2 Å². The maximum atomic E-state index is 5.16. The first-order chi connectivity index (χ1) is 12.0. The van der Waals surface area contributed by atoms with E-state index >= 15 is 0 Å². The molecule has 0 saturated carbocycles. The lowest BCUT2D eigenvalue weighted by Gasteiger charge is -2.31. The second kappa shape index (κ2) is 15.4. The molecule has 0 aliphatic carbocycles. The van der Waals surface area contributed by atoms with Crippen molar-refractivity contribution < 1.29 is 0 Å². The quantitative estimate of drug-likeness (QED) is 0.262. The Labute approximate surface area is 158 Å². The molecule has 0 aliphatic rings. The van der Waals surface area contributed by atoms with E-state index in [9.17, 15) is 0 Å². The first-order valence-electron chi connectivity index (χ1n) is 10.7. The van der Waals surface area contributed by atoms with Crippen molar-refractivity contribution >= 4 is 5.84 Å². The maximum absolute atomic E-state index is 5.16. The van der Waals surface area contributed by atoms with Gasteiger partial charge in [0.25, 0.3) is 0 Å². The van der Waals surface area contributed by atoms with Crippen LogP contribution in [-0.4, -0.2) is 48.0 Å². The number of hydrogen-bond acceptors (Lipinski definition) is 2. The molecule has 0 aliphatic heterocycles. The summed E-state index contributed by atoms with van der Waals surface area (Å²) in [6.45, 7) is 22.1. The number of nitrogens with zero attached hydrogens (tertiary/aromatic N) is 3. The van der Waals surface area contributed by atoms with E-state index in [0.29, 0.717) is 0 Å². The zero-order chi connectivity index (χ0) is 19.1. The molecule has 0 heterocycles. The summed E-state index contributed by atoms with van der Waals surface area (Å²) in [5.41, 5.74) is 1.10. The van der Waals surface area contributed by atoms with Gasteiger partial charge in [0.05, 0.1) is 0 Å². The largest absolute Gasteiger partial charge is 0.357 e. The van der Waals surface area contributed by atoms with Crippen LogP contribution in [0.2, 0.25) is 0 Å². The summed E-state index contributed by atoms with van der Waals surface area (Å²) in [7, 11) is 0. The highest BCUT2D eigenvalue weighted by atomic mass is 15.3. The van der Waals surface area contributed by atoms with Crippen molar-refractivity contribution in [2.24, 2.45) is 4.99 Å². The van der Waals surface area contributed by atoms with Crippen LogP contribution in [0.25, 0.3) is 0 Å². The Balaban J connectivity index is 5.25. The summed E-state index contributed by atoms with van der Waals surface area (Å²) in [4.78, 5) is 10.2. The van der Waals surface area contributed by atoms with Gasteiger partial charge in [0.1, 0.15) is 12.0 Å². The van der Waals surface area contributed by atoms with Crippen molar-refractivity contribution in [2.45, 2.75) is 99.1 Å². The second-order valence-electron chi connectivity index (χ2n) is 7.30. The van der Waals surface area contributed by atoms with E-state index in [2.05, 4.69) is 57.9 Å². The number of aliphatic imine (C=N–C) groups is 1. The third-order valence-electron chi connectivity index (χ3n) is 4.68. The summed E-state index contributed by atoms with van der Waals surface area (Å²) < 4.78 is 0. The molecule has 0 aromatic heterocycles. The average Bonchev–Trinajstić information content (AvgIpc) is 2.60. The van der Waals surface area contributed by atoms with Gasteiger partial charge in [0.15, 0.2) is 0 Å². The molecule has 0 saturated heterocycles. The van der Waals surface area contributed by atoms with Crippen LogP contribution in [0, 0.1) is 0 Å². The van der Waals surface area contributed by atoms with Gasteiger partial charge in [-0.2, -0.15) is 0 Å². The van der Waals surface area contributed by atoms with Crippen molar-refractivity contribution in [1.82, 2.24) is 9.80 Å². The van der Waals surface area contributed by atoms with Crippen LogP contribution in [0.3, 0.4) is 0 Å². The Bertz CT molecular complexity index is 346. The third kappa shape index (κ3) is 10.7. The molecule has 1 atom stereocenters. The van der Waals surface area contributed by atoms with Crippen LogP contribution in [0.4, 0.5) is 0 Å². The smallest absolute Gasteiger partial charge is 0.127 e. The van der Waals surface area contributed by atoms with Gasteiger partial charge >= 0.3 is 0 Å². The molecule has 3 nitrogen and oxygen atoms in total. The van der Waals surface area contributed by atoms with Gasteiger partial charge in [-0.25, -0.2) is 4.99 Å². The predicted octanol–water partition coefficient (Wildman–Crippen LogP) is 6.11. The van der Waals surface area contributed by atoms with Crippen LogP contribution in [0.1, 0.15) is 92.9 Å². The maximum Gasteiger partial charge on any atom is 0.127 e. The zero-order valence-corrected chi connectivity index (χ0v) is 18.1. The minimum atomic E-state index is 0.232. The van der Waals surface area contributed by atoms with Gasteiger partial charge in [-0.3, -0.25) is 4.90 Å². The summed E-state index contributed by atoms with van der Waals surface area (Å²) in [6, 6.07) is 0. The van der Waals surface area contributed by atoms with Gasteiger partial charge in [0.2, 0.25) is 0 Å². The molecule has 0 rings (SSSR count). The molecule has 25 heavy (non-hydrogen) atoms. The Hall–Kier alpha value is -0.830. The van der Waals surface area contributed by atoms with Gasteiger partial charge in [0, 0.05) is 26.2 Å². The first kappa shape index (κ1) is 24.2. The Morgan fingerprint density at radius 2 is 1.20 bits per heavy atom. The molecule has 3 heteroatoms. The number of hydrogen-bond donors (Lipinski definition) is 0. The molecule has 0 amide bonds. The van der Waals surface area contributed by atoms with E-state index < -0.39 is 0 Å². The van der Waals surface area contributed by atoms with E-state index in [-0.39, 0.29) is 6.17 Å². The van der Waals surface area contributed by atoms with Crippen molar-refractivity contribution in [3.63, 3.8) is 0 Å². The number of amidine groups is 1. The minimum Gasteiger partial charge on any atom is -0.357 e. The summed E-state index contributed by atoms with van der Waals surface area (Å²) in [5, 5.41) is 0. The Kier molecular flexibility index (Phi) is 14.9. The van der Waals surface area contributed by atoms with Crippen LogP contribution in [0.5, 0.6) is 0 Å². The fraction of sp³-hybridized carbons (Fsp3) is 0.864. The van der Waals surface area contributed by atoms with E-state index in [1.165, 1.54) is 51.4 Å². The lowest BCUT2D eigenvalue weighted by atomic mass is 10.2. The van der Waals surface area contributed by atoms with Crippen LogP contribution >= 0.6 is 0 Å². The molecule has 148 valence electrons. The molecule has 0 spiro atoms. The molecule has 0 fully saturated rings. The molecule has 0 N–H and O–H groups in total. The van der Waals surface area contributed by atoms with E-state index in [0.717, 1.165) is 37.6 Å². The van der Waals surface area contributed by atoms with Crippen molar-refractivity contribution in [1.29, 1.82) is 0 Å². The molecule has 0 bridgehead atoms. The number of unbranched alkanes of at least 4 members (excludes halogenated alkanes) is 4. The predicted molar refractivity (Wildman–Crippen MR) is 114 cm³/mol. The molecule has 0 radical (unpaired) electrons. The minimum absolute atomic E-state index is 0.232. The standard InChI is InChI=1S/C22H45N3/c1-8-12-16-24(17-13-9-2)21(7)23-22(20(5)6)25(18-14-10-3)19-15-11-4/h21H,5,8-19H2,1-4,6-7H3. The SMILES string of the molecule is C=C(C)C(=NC(C)N(CCCC)CCCC)N(CCCC)CCCC. The Morgan fingerprint density at radius 3 is 1.56 bits per heavy atom. The highest BCUT2D eigenvalue weighted by molar-refractivity contribution is 5.97. The monoisotopic (exact) mass is 351 g/mol. The van der Waals surface area contributed by atoms with Crippen LogP contribution < -0.4 is 0 Å². The summed E-state index contributed by atoms with van der Waals surface area (Å²) >= 11 is 0. The topological polar surface area (TPSA) is 18.8 Å². The van der Waals surface area contributed by atoms with Crippen LogP contribution in [0.15, 0.2) is 17.1 Å². The van der Waals surface area contributed by atoms with E-state index in [4.69, 9.17) is 4.99 Å². The normalized spacial score (nSPS) is 13.3. The highest BCUT2D eigenvalue weighted by Crippen LogP contribution is 2.12. The van der Waals surface area contributed by atoms with Crippen molar-refractivity contribution in [3.8, 4) is 0 Å².